The van der Waals surface area contributed by atoms with E-state index in [0.717, 1.165) is 11.1 Å². The van der Waals surface area contributed by atoms with Crippen LogP contribution in [0, 0.1) is 5.41 Å². The third kappa shape index (κ3) is 8.39. The summed E-state index contributed by atoms with van der Waals surface area (Å²) in [6.45, 7) is 4.51. The lowest BCUT2D eigenvalue weighted by Gasteiger charge is -2.55. The molecule has 10 nitrogen and oxygen atoms in total. The van der Waals surface area contributed by atoms with E-state index in [-0.39, 0.29) is 73.0 Å². The van der Waals surface area contributed by atoms with E-state index in [4.69, 9.17) is 18.9 Å². The number of benzene rings is 2. The zero-order valence-corrected chi connectivity index (χ0v) is 29.9. The minimum atomic E-state index is -4.57. The number of fused-ring (bicyclic) bond motifs is 1. The normalized spacial score (nSPS) is 20.5. The molecule has 0 saturated carbocycles. The van der Waals surface area contributed by atoms with Crippen molar-refractivity contribution in [2.45, 2.75) is 44.1 Å². The molecule has 1 aromatic heterocycles. The molecule has 3 aliphatic heterocycles. The average molecular weight is 743 g/mol. The minimum absolute atomic E-state index is 0. The molecule has 2 atom stereocenters. The second-order valence-electron chi connectivity index (χ2n) is 12.7. The molecular weight excluding hydrogens is 698 g/mol. The quantitative estimate of drug-likeness (QED) is 0.262. The van der Waals surface area contributed by atoms with Crippen LogP contribution in [0.2, 0.25) is 0 Å². The highest BCUT2D eigenvalue weighted by atomic mass is 35.5. The van der Waals surface area contributed by atoms with E-state index >= 15 is 0 Å². The SMILES string of the molecule is CCC1(C(=O)N2CCN3C(C(c4ccccc4)c4ccccc4)CN(Cc4c(OC)nc(OC)nc4OCC(F)(F)F)C[C@@H]3C2)COC1.Cl.Cl. The molecule has 1 unspecified atom stereocenters. The van der Waals surface area contributed by atoms with Crippen molar-refractivity contribution in [2.75, 3.05) is 66.8 Å². The molecule has 3 aliphatic rings. The van der Waals surface area contributed by atoms with E-state index in [1.54, 1.807) is 0 Å². The van der Waals surface area contributed by atoms with Gasteiger partial charge in [0.2, 0.25) is 17.7 Å². The van der Waals surface area contributed by atoms with Crippen molar-refractivity contribution < 1.29 is 36.9 Å². The topological polar surface area (TPSA) is 89.5 Å². The Kier molecular flexibility index (Phi) is 13.2. The van der Waals surface area contributed by atoms with Crippen LogP contribution < -0.4 is 14.2 Å². The van der Waals surface area contributed by atoms with Crippen LogP contribution in [0.4, 0.5) is 13.2 Å². The molecule has 0 N–H and O–H groups in total. The maximum atomic E-state index is 13.8. The Hall–Kier alpha value is -3.36. The Bertz CT molecular complexity index is 1510. The van der Waals surface area contributed by atoms with Crippen LogP contribution in [0.1, 0.15) is 36.0 Å². The van der Waals surface area contributed by atoms with E-state index < -0.39 is 18.2 Å². The van der Waals surface area contributed by atoms with Gasteiger partial charge in [-0.1, -0.05) is 67.6 Å². The van der Waals surface area contributed by atoms with Crippen LogP contribution >= 0.6 is 24.8 Å². The van der Waals surface area contributed by atoms with Gasteiger partial charge < -0.3 is 23.8 Å². The number of piperazine rings is 2. The fourth-order valence-electron chi connectivity index (χ4n) is 7.25. The summed E-state index contributed by atoms with van der Waals surface area (Å²) in [5, 5.41) is 0. The first-order chi connectivity index (χ1) is 23.1. The molecule has 4 heterocycles. The number of ether oxygens (including phenoxy) is 4. The van der Waals surface area contributed by atoms with Gasteiger partial charge in [0.05, 0.1) is 38.4 Å². The zero-order valence-electron chi connectivity index (χ0n) is 28.3. The van der Waals surface area contributed by atoms with E-state index in [0.29, 0.717) is 57.9 Å². The summed E-state index contributed by atoms with van der Waals surface area (Å²) in [6.07, 6.45) is -3.86. The predicted octanol–water partition coefficient (Wildman–Crippen LogP) is 5.23. The van der Waals surface area contributed by atoms with E-state index in [1.807, 2.05) is 48.2 Å². The average Bonchev–Trinajstić information content (AvgIpc) is 3.07. The molecule has 274 valence electrons. The van der Waals surface area contributed by atoms with Gasteiger partial charge in [-0.25, -0.2) is 0 Å². The molecule has 0 aliphatic carbocycles. The lowest BCUT2D eigenvalue weighted by atomic mass is 9.80. The maximum Gasteiger partial charge on any atom is 0.422 e. The van der Waals surface area contributed by atoms with Gasteiger partial charge in [0, 0.05) is 57.3 Å². The number of rotatable bonds is 11. The largest absolute Gasteiger partial charge is 0.481 e. The van der Waals surface area contributed by atoms with Gasteiger partial charge in [0.1, 0.15) is 0 Å². The first-order valence-electron chi connectivity index (χ1n) is 16.3. The lowest BCUT2D eigenvalue weighted by Crippen LogP contribution is -2.69. The van der Waals surface area contributed by atoms with Gasteiger partial charge in [-0.3, -0.25) is 14.6 Å². The molecular formula is C35H44Cl2F3N5O5. The standard InChI is InChI=1S/C35H42F3N5O5.2ClH/c1-4-34(21-47-22-34)32(44)42-15-16-43-26(18-42)17-41(19-27-30(45-2)39-33(46-3)40-31(27)48-23-35(36,37)38)20-28(43)29(24-11-7-5-8-12-24)25-13-9-6-10-14-25;;/h5-14,26,28-29H,4,15-23H2,1-3H3;2*1H/t26-,28?;;/m1../s1. The molecule has 0 radical (unpaired) electrons. The van der Waals surface area contributed by atoms with Crippen LogP contribution in [0.5, 0.6) is 17.8 Å². The van der Waals surface area contributed by atoms with Crippen LogP contribution in [0.15, 0.2) is 60.7 Å². The van der Waals surface area contributed by atoms with Gasteiger partial charge in [0.15, 0.2) is 6.61 Å². The van der Waals surface area contributed by atoms with E-state index in [2.05, 4.69) is 44.0 Å². The summed E-state index contributed by atoms with van der Waals surface area (Å²) in [7, 11) is 2.73. The number of hydrogen-bond donors (Lipinski definition) is 0. The number of methoxy groups -OCH3 is 2. The molecule has 15 heteroatoms. The molecule has 3 fully saturated rings. The van der Waals surface area contributed by atoms with Gasteiger partial charge in [-0.15, -0.1) is 24.8 Å². The highest BCUT2D eigenvalue weighted by molar-refractivity contribution is 5.85. The summed E-state index contributed by atoms with van der Waals surface area (Å²) in [5.74, 6) is -0.0544. The van der Waals surface area contributed by atoms with E-state index in [1.165, 1.54) is 14.2 Å². The number of hydrogen-bond acceptors (Lipinski definition) is 9. The molecule has 3 aromatic rings. The Labute approximate surface area is 303 Å². The predicted molar refractivity (Wildman–Crippen MR) is 186 cm³/mol. The Balaban J connectivity index is 0.00000281. The fourth-order valence-corrected chi connectivity index (χ4v) is 7.25. The van der Waals surface area contributed by atoms with Crippen molar-refractivity contribution in [3.8, 4) is 17.8 Å². The van der Waals surface area contributed by atoms with Crippen LogP contribution in [0.3, 0.4) is 0 Å². The van der Waals surface area contributed by atoms with E-state index in [9.17, 15) is 18.0 Å². The van der Waals surface area contributed by atoms with Crippen LogP contribution in [-0.4, -0.2) is 116 Å². The number of alkyl halides is 3. The number of carbonyl (C=O) groups is 1. The number of halogens is 5. The smallest absolute Gasteiger partial charge is 0.422 e. The highest BCUT2D eigenvalue weighted by Crippen LogP contribution is 2.39. The first kappa shape index (κ1) is 39.4. The van der Waals surface area contributed by atoms with Crippen molar-refractivity contribution in [1.82, 2.24) is 24.7 Å². The van der Waals surface area contributed by atoms with Crippen LogP contribution in [-0.2, 0) is 16.1 Å². The van der Waals surface area contributed by atoms with Crippen molar-refractivity contribution in [1.29, 1.82) is 0 Å². The zero-order chi connectivity index (χ0) is 33.9. The van der Waals surface area contributed by atoms with Crippen molar-refractivity contribution >= 4 is 30.7 Å². The first-order valence-corrected chi connectivity index (χ1v) is 16.3. The van der Waals surface area contributed by atoms with Crippen molar-refractivity contribution in [2.24, 2.45) is 5.41 Å². The van der Waals surface area contributed by atoms with Gasteiger partial charge in [-0.05, 0) is 17.5 Å². The number of carbonyl (C=O) groups excluding carboxylic acids is 1. The molecule has 0 spiro atoms. The number of amides is 1. The fraction of sp³-hybridized carbons (Fsp3) is 0.514. The molecule has 3 saturated heterocycles. The molecule has 50 heavy (non-hydrogen) atoms. The maximum absolute atomic E-state index is 13.8. The van der Waals surface area contributed by atoms with Gasteiger partial charge >= 0.3 is 12.2 Å². The lowest BCUT2D eigenvalue weighted by molar-refractivity contribution is -0.177. The summed E-state index contributed by atoms with van der Waals surface area (Å²) < 4.78 is 61.3. The Morgan fingerprint density at radius 3 is 2.06 bits per heavy atom. The molecule has 6 rings (SSSR count). The molecule has 0 bridgehead atoms. The summed E-state index contributed by atoms with van der Waals surface area (Å²) in [5.41, 5.74) is 2.13. The monoisotopic (exact) mass is 741 g/mol. The summed E-state index contributed by atoms with van der Waals surface area (Å²) in [6, 6.07) is 20.5. The summed E-state index contributed by atoms with van der Waals surface area (Å²) in [4.78, 5) is 29.0. The number of aromatic nitrogens is 2. The summed E-state index contributed by atoms with van der Waals surface area (Å²) >= 11 is 0. The van der Waals surface area contributed by atoms with Gasteiger partial charge in [-0.2, -0.15) is 23.1 Å². The van der Waals surface area contributed by atoms with Crippen LogP contribution in [0.25, 0.3) is 0 Å². The minimum Gasteiger partial charge on any atom is -0.481 e. The molecule has 2 aromatic carbocycles. The molecule has 1 amide bonds. The van der Waals surface area contributed by atoms with Crippen molar-refractivity contribution in [3.63, 3.8) is 0 Å². The second-order valence-corrected chi connectivity index (χ2v) is 12.7. The highest BCUT2D eigenvalue weighted by Gasteiger charge is 2.49. The number of nitrogens with zero attached hydrogens (tertiary/aromatic N) is 5. The Morgan fingerprint density at radius 2 is 1.54 bits per heavy atom. The second kappa shape index (κ2) is 16.8. The third-order valence-corrected chi connectivity index (χ3v) is 9.79. The Morgan fingerprint density at radius 1 is 0.920 bits per heavy atom. The van der Waals surface area contributed by atoms with Gasteiger partial charge in [0.25, 0.3) is 0 Å². The van der Waals surface area contributed by atoms with Crippen molar-refractivity contribution in [3.05, 3.63) is 77.4 Å². The third-order valence-electron chi connectivity index (χ3n) is 9.79.